The maximum absolute atomic E-state index is 11.4. The Bertz CT molecular complexity index is 457. The van der Waals surface area contributed by atoms with Gasteiger partial charge in [-0.15, -0.1) is 0 Å². The molecule has 2 rings (SSSR count). The lowest BCUT2D eigenvalue weighted by Crippen LogP contribution is -2.11. The zero-order valence-electron chi connectivity index (χ0n) is 9.03. The maximum Gasteiger partial charge on any atom is 0.411 e. The summed E-state index contributed by atoms with van der Waals surface area (Å²) in [4.78, 5) is 22.4. The minimum Gasteiger partial charge on any atom is -0.453 e. The lowest BCUT2D eigenvalue weighted by molar-refractivity contribution is -0.116. The van der Waals surface area contributed by atoms with Gasteiger partial charge in [-0.2, -0.15) is 0 Å². The molecule has 1 aromatic rings. The van der Waals surface area contributed by atoms with Gasteiger partial charge in [0.25, 0.3) is 0 Å². The Morgan fingerprint density at radius 1 is 1.50 bits per heavy atom. The molecule has 0 fully saturated rings. The second-order valence-electron chi connectivity index (χ2n) is 3.63. The average molecular weight is 220 g/mol. The third-order valence-corrected chi connectivity index (χ3v) is 2.60. The van der Waals surface area contributed by atoms with Gasteiger partial charge in [-0.25, -0.2) is 4.79 Å². The second-order valence-corrected chi connectivity index (χ2v) is 3.63. The van der Waals surface area contributed by atoms with Gasteiger partial charge < -0.3 is 10.1 Å². The van der Waals surface area contributed by atoms with Gasteiger partial charge in [0, 0.05) is 11.4 Å². The van der Waals surface area contributed by atoms with Crippen LogP contribution in [0.2, 0.25) is 0 Å². The molecule has 5 heteroatoms. The number of hydrogen-bond donors (Lipinski definition) is 2. The third kappa shape index (κ3) is 1.71. The van der Waals surface area contributed by atoms with Gasteiger partial charge in [0.2, 0.25) is 5.91 Å². The summed E-state index contributed by atoms with van der Waals surface area (Å²) in [6.45, 7) is 1.82. The highest BCUT2D eigenvalue weighted by Gasteiger charge is 2.26. The fourth-order valence-corrected chi connectivity index (χ4v) is 1.66. The second kappa shape index (κ2) is 3.84. The summed E-state index contributed by atoms with van der Waals surface area (Å²) in [6, 6.07) is 5.25. The molecule has 5 nitrogen and oxygen atoms in total. The molecule has 0 bridgehead atoms. The van der Waals surface area contributed by atoms with Crippen molar-refractivity contribution in [3.05, 3.63) is 23.8 Å². The molecule has 0 spiro atoms. The van der Waals surface area contributed by atoms with Gasteiger partial charge in [-0.3, -0.25) is 10.1 Å². The molecule has 0 saturated carbocycles. The minimum atomic E-state index is -0.523. The van der Waals surface area contributed by atoms with Crippen molar-refractivity contribution in [1.29, 1.82) is 0 Å². The van der Waals surface area contributed by atoms with Crippen LogP contribution in [0.1, 0.15) is 18.4 Å². The molecule has 1 aromatic carbocycles. The van der Waals surface area contributed by atoms with Crippen molar-refractivity contribution in [2.45, 2.75) is 12.8 Å². The van der Waals surface area contributed by atoms with E-state index in [9.17, 15) is 9.59 Å². The SMILES string of the molecule is COC(=O)Nc1ccc2c(c1)C(C)C(=O)N2. The number of hydrogen-bond acceptors (Lipinski definition) is 3. The molecule has 1 aliphatic rings. The number of nitrogens with one attached hydrogen (secondary N) is 2. The highest BCUT2D eigenvalue weighted by atomic mass is 16.5. The van der Waals surface area contributed by atoms with Crippen LogP contribution < -0.4 is 10.6 Å². The van der Waals surface area contributed by atoms with Gasteiger partial charge in [0.1, 0.15) is 0 Å². The fraction of sp³-hybridized carbons (Fsp3) is 0.273. The Labute approximate surface area is 92.8 Å². The van der Waals surface area contributed by atoms with Crippen LogP contribution in [0.25, 0.3) is 0 Å². The van der Waals surface area contributed by atoms with Crippen molar-refractivity contribution < 1.29 is 14.3 Å². The predicted octanol–water partition coefficient (Wildman–Crippen LogP) is 1.92. The molecule has 0 aliphatic carbocycles. The van der Waals surface area contributed by atoms with E-state index in [4.69, 9.17) is 0 Å². The number of carbonyl (C=O) groups is 2. The van der Waals surface area contributed by atoms with E-state index in [0.717, 1.165) is 11.3 Å². The smallest absolute Gasteiger partial charge is 0.411 e. The Kier molecular flexibility index (Phi) is 2.52. The zero-order valence-corrected chi connectivity index (χ0v) is 9.03. The summed E-state index contributed by atoms with van der Waals surface area (Å²) < 4.78 is 4.49. The fourth-order valence-electron chi connectivity index (χ4n) is 1.66. The van der Waals surface area contributed by atoms with E-state index in [0.29, 0.717) is 5.69 Å². The predicted molar refractivity (Wildman–Crippen MR) is 59.5 cm³/mol. The van der Waals surface area contributed by atoms with Crippen molar-refractivity contribution in [3.63, 3.8) is 0 Å². The highest BCUT2D eigenvalue weighted by molar-refractivity contribution is 6.03. The summed E-state index contributed by atoms with van der Waals surface area (Å²) in [5, 5.41) is 5.32. The van der Waals surface area contributed by atoms with Crippen LogP contribution in [0.15, 0.2) is 18.2 Å². The number of rotatable bonds is 1. The van der Waals surface area contributed by atoms with Crippen molar-refractivity contribution in [3.8, 4) is 0 Å². The maximum atomic E-state index is 11.4. The number of amides is 2. The largest absolute Gasteiger partial charge is 0.453 e. The molecule has 2 N–H and O–H groups in total. The average Bonchev–Trinajstić information content (AvgIpc) is 2.55. The van der Waals surface area contributed by atoms with Crippen molar-refractivity contribution >= 4 is 23.4 Å². The van der Waals surface area contributed by atoms with Gasteiger partial charge in [-0.1, -0.05) is 0 Å². The van der Waals surface area contributed by atoms with E-state index in [2.05, 4.69) is 15.4 Å². The van der Waals surface area contributed by atoms with Crippen LogP contribution in [0.3, 0.4) is 0 Å². The Morgan fingerprint density at radius 3 is 2.94 bits per heavy atom. The molecule has 1 heterocycles. The topological polar surface area (TPSA) is 67.4 Å². The molecular weight excluding hydrogens is 208 g/mol. The highest BCUT2D eigenvalue weighted by Crippen LogP contribution is 2.33. The molecule has 1 aliphatic heterocycles. The lowest BCUT2D eigenvalue weighted by Gasteiger charge is -2.06. The monoisotopic (exact) mass is 220 g/mol. The van der Waals surface area contributed by atoms with Crippen LogP contribution in [0.4, 0.5) is 16.2 Å². The number of ether oxygens (including phenoxy) is 1. The third-order valence-electron chi connectivity index (χ3n) is 2.60. The van der Waals surface area contributed by atoms with Crippen LogP contribution in [-0.2, 0) is 9.53 Å². The first kappa shape index (κ1) is 10.5. The van der Waals surface area contributed by atoms with Crippen molar-refractivity contribution in [2.24, 2.45) is 0 Å². The van der Waals surface area contributed by atoms with E-state index < -0.39 is 6.09 Å². The summed E-state index contributed by atoms with van der Waals surface area (Å²) in [6.07, 6.45) is -0.523. The molecule has 1 atom stereocenters. The van der Waals surface area contributed by atoms with Crippen LogP contribution >= 0.6 is 0 Å². The first-order chi connectivity index (χ1) is 7.61. The minimum absolute atomic E-state index is 0.0229. The Morgan fingerprint density at radius 2 is 2.25 bits per heavy atom. The molecule has 1 unspecified atom stereocenters. The van der Waals surface area contributed by atoms with E-state index in [1.807, 2.05) is 6.92 Å². The normalized spacial score (nSPS) is 17.6. The van der Waals surface area contributed by atoms with Crippen molar-refractivity contribution in [2.75, 3.05) is 17.7 Å². The van der Waals surface area contributed by atoms with Gasteiger partial charge in [-0.05, 0) is 30.7 Å². The summed E-state index contributed by atoms with van der Waals surface area (Å²) in [5.41, 5.74) is 2.31. The van der Waals surface area contributed by atoms with E-state index in [1.54, 1.807) is 18.2 Å². The van der Waals surface area contributed by atoms with Crippen LogP contribution in [0.5, 0.6) is 0 Å². The van der Waals surface area contributed by atoms with E-state index in [-0.39, 0.29) is 11.8 Å². The number of anilines is 2. The summed E-state index contributed by atoms with van der Waals surface area (Å²) >= 11 is 0. The number of carbonyl (C=O) groups excluding carboxylic acids is 2. The molecular formula is C11H12N2O3. The van der Waals surface area contributed by atoms with E-state index >= 15 is 0 Å². The van der Waals surface area contributed by atoms with Gasteiger partial charge in [0.15, 0.2) is 0 Å². The van der Waals surface area contributed by atoms with Gasteiger partial charge in [0.05, 0.1) is 13.0 Å². The van der Waals surface area contributed by atoms with Crippen molar-refractivity contribution in [1.82, 2.24) is 0 Å². The first-order valence-electron chi connectivity index (χ1n) is 4.91. The van der Waals surface area contributed by atoms with Crippen LogP contribution in [0, 0.1) is 0 Å². The standard InChI is InChI=1S/C11H12N2O3/c1-6-8-5-7(12-11(15)16-2)3-4-9(8)13-10(6)14/h3-6H,1-2H3,(H,12,15)(H,13,14). The quantitative estimate of drug-likeness (QED) is 0.759. The Balaban J connectivity index is 2.27. The molecule has 84 valence electrons. The lowest BCUT2D eigenvalue weighted by atomic mass is 10.0. The van der Waals surface area contributed by atoms with E-state index in [1.165, 1.54) is 7.11 Å². The summed E-state index contributed by atoms with van der Waals surface area (Å²) in [5.74, 6) is -0.209. The zero-order chi connectivity index (χ0) is 11.7. The first-order valence-corrected chi connectivity index (χ1v) is 4.91. The molecule has 0 aromatic heterocycles. The Hall–Kier alpha value is -2.04. The van der Waals surface area contributed by atoms with Crippen LogP contribution in [-0.4, -0.2) is 19.1 Å². The number of methoxy groups -OCH3 is 1. The number of fused-ring (bicyclic) bond motifs is 1. The molecule has 16 heavy (non-hydrogen) atoms. The molecule has 2 amide bonds. The molecule has 0 saturated heterocycles. The summed E-state index contributed by atoms with van der Waals surface area (Å²) in [7, 11) is 1.30. The molecule has 0 radical (unpaired) electrons. The van der Waals surface area contributed by atoms with Gasteiger partial charge >= 0.3 is 6.09 Å². The number of benzene rings is 1.